The molecule has 2 aliphatic heterocycles. The largest absolute Gasteiger partial charge is 0.481 e. The number of carboxylic acid groups (broad SMARTS) is 1. The van der Waals surface area contributed by atoms with Gasteiger partial charge in [-0.05, 0) is 0 Å². The second-order valence-corrected chi connectivity index (χ2v) is 3.34. The first kappa shape index (κ1) is 10.5. The maximum Gasteiger partial charge on any atom is 0.304 e. The molecular weight excluding hydrogens is 210 g/mol. The summed E-state index contributed by atoms with van der Waals surface area (Å²) in [7, 11) is 0. The number of hydrogen-bond acceptors (Lipinski definition) is 6. The molecule has 1 atom stereocenters. The highest BCUT2D eigenvalue weighted by atomic mass is 16.4. The van der Waals surface area contributed by atoms with Crippen LogP contribution >= 0.6 is 0 Å². The molecule has 2 heterocycles. The second kappa shape index (κ2) is 4.67. The van der Waals surface area contributed by atoms with Crippen LogP contribution in [0.2, 0.25) is 0 Å². The Balaban J connectivity index is 1.93. The van der Waals surface area contributed by atoms with Gasteiger partial charge < -0.3 is 15.7 Å². The average molecular weight is 223 g/mol. The molecule has 2 aliphatic rings. The van der Waals surface area contributed by atoms with E-state index < -0.39 is 5.97 Å². The van der Waals surface area contributed by atoms with Gasteiger partial charge in [-0.2, -0.15) is 0 Å². The van der Waals surface area contributed by atoms with Crippen molar-refractivity contribution in [2.45, 2.75) is 12.6 Å². The van der Waals surface area contributed by atoms with Crippen LogP contribution in [0.5, 0.6) is 0 Å². The van der Waals surface area contributed by atoms with E-state index in [9.17, 15) is 4.79 Å². The molecule has 4 N–H and O–H groups in total. The highest BCUT2D eigenvalue weighted by Crippen LogP contribution is 2.13. The van der Waals surface area contributed by atoms with E-state index in [1.54, 1.807) is 23.7 Å². The van der Waals surface area contributed by atoms with Crippen molar-refractivity contribution in [3.8, 4) is 0 Å². The molecule has 1 unspecified atom stereocenters. The monoisotopic (exact) mass is 223 g/mol. The number of aliphatic carboxylic acids is 1. The van der Waals surface area contributed by atoms with Gasteiger partial charge in [0.05, 0.1) is 18.5 Å². The summed E-state index contributed by atoms with van der Waals surface area (Å²) in [4.78, 5) is 14.6. The molecule has 0 aromatic heterocycles. The molecule has 0 saturated carbocycles. The molecule has 0 radical (unpaired) electrons. The van der Waals surface area contributed by atoms with Crippen LogP contribution in [0.4, 0.5) is 0 Å². The van der Waals surface area contributed by atoms with E-state index >= 15 is 0 Å². The molecule has 7 nitrogen and oxygen atoms in total. The number of rotatable bonds is 4. The van der Waals surface area contributed by atoms with Crippen LogP contribution in [-0.2, 0) is 4.79 Å². The molecule has 0 amide bonds. The smallest absolute Gasteiger partial charge is 0.304 e. The Morgan fingerprint density at radius 2 is 2.56 bits per heavy atom. The third kappa shape index (κ3) is 2.31. The van der Waals surface area contributed by atoms with Gasteiger partial charge in [-0.25, -0.2) is 10.4 Å². The summed E-state index contributed by atoms with van der Waals surface area (Å²) in [5, 5.41) is 16.2. The van der Waals surface area contributed by atoms with Gasteiger partial charge in [-0.15, -0.1) is 0 Å². The van der Waals surface area contributed by atoms with Crippen LogP contribution in [0, 0.1) is 0 Å². The van der Waals surface area contributed by atoms with Crippen LogP contribution < -0.4 is 16.1 Å². The van der Waals surface area contributed by atoms with E-state index in [2.05, 4.69) is 21.1 Å². The predicted octanol–water partition coefficient (Wildman–Crippen LogP) is -0.859. The van der Waals surface area contributed by atoms with E-state index in [0.29, 0.717) is 6.54 Å². The van der Waals surface area contributed by atoms with E-state index in [0.717, 1.165) is 5.70 Å². The van der Waals surface area contributed by atoms with Gasteiger partial charge in [-0.1, -0.05) is 0 Å². The Hall–Kier alpha value is -2.02. The summed E-state index contributed by atoms with van der Waals surface area (Å²) >= 11 is 0. The van der Waals surface area contributed by atoms with Gasteiger partial charge in [0.15, 0.2) is 6.17 Å². The summed E-state index contributed by atoms with van der Waals surface area (Å²) in [6.45, 7) is 0.367. The fourth-order valence-corrected chi connectivity index (χ4v) is 1.46. The molecule has 0 fully saturated rings. The Morgan fingerprint density at radius 3 is 3.38 bits per heavy atom. The van der Waals surface area contributed by atoms with Crippen molar-refractivity contribution in [1.29, 1.82) is 0 Å². The second-order valence-electron chi connectivity index (χ2n) is 3.34. The van der Waals surface area contributed by atoms with Gasteiger partial charge in [0.25, 0.3) is 0 Å². The summed E-state index contributed by atoms with van der Waals surface area (Å²) < 4.78 is 0. The molecule has 0 bridgehead atoms. The van der Waals surface area contributed by atoms with Crippen LogP contribution in [0.1, 0.15) is 6.42 Å². The van der Waals surface area contributed by atoms with Crippen LogP contribution in [0.25, 0.3) is 0 Å². The number of nitrogens with one attached hydrogen (secondary N) is 3. The lowest BCUT2D eigenvalue weighted by atomic mass is 10.3. The maximum atomic E-state index is 10.4. The molecule has 16 heavy (non-hydrogen) atoms. The quantitative estimate of drug-likeness (QED) is 0.496. The highest BCUT2D eigenvalue weighted by molar-refractivity contribution is 5.66. The normalized spacial score (nSPS) is 21.9. The number of fused-ring (bicyclic) bond motifs is 1. The molecule has 0 saturated heterocycles. The van der Waals surface area contributed by atoms with Crippen molar-refractivity contribution >= 4 is 12.3 Å². The van der Waals surface area contributed by atoms with Crippen molar-refractivity contribution in [1.82, 2.24) is 21.1 Å². The molecule has 2 rings (SSSR count). The maximum absolute atomic E-state index is 10.4. The molecule has 0 aromatic rings. The molecule has 7 heteroatoms. The fourth-order valence-electron chi connectivity index (χ4n) is 1.46. The lowest BCUT2D eigenvalue weighted by molar-refractivity contribution is -0.137. The number of nitrogens with zero attached hydrogens (tertiary/aromatic N) is 2. The number of hydrazine groups is 1. The van der Waals surface area contributed by atoms with Crippen molar-refractivity contribution in [2.75, 3.05) is 6.54 Å². The van der Waals surface area contributed by atoms with E-state index in [1.165, 1.54) is 0 Å². The minimum Gasteiger partial charge on any atom is -0.481 e. The van der Waals surface area contributed by atoms with Crippen molar-refractivity contribution in [3.05, 3.63) is 24.3 Å². The van der Waals surface area contributed by atoms with Crippen molar-refractivity contribution in [2.24, 2.45) is 4.99 Å². The minimum absolute atomic E-state index is 0.0749. The van der Waals surface area contributed by atoms with Gasteiger partial charge in [0.2, 0.25) is 0 Å². The summed E-state index contributed by atoms with van der Waals surface area (Å²) in [6.07, 6.45) is 6.87. The SMILES string of the molecule is O=C(O)CCNN1C=CNC2=CNC=NC21. The molecular formula is C9H13N5O2. The molecule has 0 aromatic carbocycles. The highest BCUT2D eigenvalue weighted by Gasteiger charge is 2.23. The van der Waals surface area contributed by atoms with Crippen LogP contribution in [0.3, 0.4) is 0 Å². The lowest BCUT2D eigenvalue weighted by Gasteiger charge is -2.34. The average Bonchev–Trinajstić information content (AvgIpc) is 2.29. The summed E-state index contributed by atoms with van der Waals surface area (Å²) in [5.41, 5.74) is 3.91. The zero-order chi connectivity index (χ0) is 11.4. The fraction of sp³-hybridized carbons (Fsp3) is 0.333. The number of carbonyl (C=O) groups is 1. The Morgan fingerprint density at radius 1 is 1.69 bits per heavy atom. The van der Waals surface area contributed by atoms with Crippen LogP contribution in [-0.4, -0.2) is 35.1 Å². The minimum atomic E-state index is -0.823. The van der Waals surface area contributed by atoms with Crippen LogP contribution in [0.15, 0.2) is 29.3 Å². The Labute approximate surface area is 92.5 Å². The number of carboxylic acids is 1. The lowest BCUT2D eigenvalue weighted by Crippen LogP contribution is -2.48. The van der Waals surface area contributed by atoms with Gasteiger partial charge in [-0.3, -0.25) is 9.80 Å². The molecule has 0 spiro atoms. The van der Waals surface area contributed by atoms with Gasteiger partial charge >= 0.3 is 5.97 Å². The topological polar surface area (TPSA) is 89.0 Å². The zero-order valence-corrected chi connectivity index (χ0v) is 8.55. The first-order chi connectivity index (χ1) is 7.77. The van der Waals surface area contributed by atoms with E-state index in [1.807, 2.05) is 6.20 Å². The van der Waals surface area contributed by atoms with Crippen molar-refractivity contribution in [3.63, 3.8) is 0 Å². The summed E-state index contributed by atoms with van der Waals surface area (Å²) in [6, 6.07) is 0. The Bertz CT molecular complexity index is 363. The van der Waals surface area contributed by atoms with E-state index in [4.69, 9.17) is 5.11 Å². The third-order valence-corrected chi connectivity index (χ3v) is 2.19. The number of aliphatic imine (C=N–C) groups is 1. The van der Waals surface area contributed by atoms with Gasteiger partial charge in [0, 0.05) is 25.1 Å². The Kier molecular flexibility index (Phi) is 3.06. The predicted molar refractivity (Wildman–Crippen MR) is 57.9 cm³/mol. The molecule has 0 aliphatic carbocycles. The zero-order valence-electron chi connectivity index (χ0n) is 8.55. The van der Waals surface area contributed by atoms with Crippen molar-refractivity contribution < 1.29 is 9.90 Å². The summed E-state index contributed by atoms with van der Waals surface area (Å²) in [5.74, 6) is -0.823. The first-order valence-electron chi connectivity index (χ1n) is 4.92. The third-order valence-electron chi connectivity index (χ3n) is 2.19. The standard InChI is InChI=1S/C9H13N5O2/c15-8(16)1-2-13-14-4-3-11-7-5-10-6-12-9(7)14/h3-6,9,11,13H,1-2H2,(H,10,12)(H,15,16). The number of hydrogen-bond donors (Lipinski definition) is 4. The van der Waals surface area contributed by atoms with Gasteiger partial charge in [0.1, 0.15) is 0 Å². The first-order valence-corrected chi connectivity index (χ1v) is 4.92. The molecule has 86 valence electrons. The van der Waals surface area contributed by atoms with E-state index in [-0.39, 0.29) is 12.6 Å².